The lowest BCUT2D eigenvalue weighted by Crippen LogP contribution is -2.29. The summed E-state index contributed by atoms with van der Waals surface area (Å²) in [5, 5.41) is 39.1. The molecule has 1 saturated carbocycles. The predicted molar refractivity (Wildman–Crippen MR) is 225 cm³/mol. The van der Waals surface area contributed by atoms with E-state index < -0.39 is 76.5 Å². The van der Waals surface area contributed by atoms with Gasteiger partial charge in [0, 0.05) is 31.1 Å². The first-order valence-electron chi connectivity index (χ1n) is 22.0. The van der Waals surface area contributed by atoms with E-state index in [1.807, 2.05) is 12.2 Å². The highest BCUT2D eigenvalue weighted by molar-refractivity contribution is 7.47. The van der Waals surface area contributed by atoms with E-state index in [-0.39, 0.29) is 31.0 Å². The minimum Gasteiger partial charge on any atom is -0.462 e. The summed E-state index contributed by atoms with van der Waals surface area (Å²) in [6.07, 6.45) is 27.6. The number of ether oxygens (including phenoxy) is 2. The third kappa shape index (κ3) is 28.3. The highest BCUT2D eigenvalue weighted by atomic mass is 31.2. The first-order valence-corrected chi connectivity index (χ1v) is 23.5. The topological polar surface area (TPSA) is 206 Å². The molecule has 1 fully saturated rings. The van der Waals surface area contributed by atoms with Crippen LogP contribution in [0.2, 0.25) is 0 Å². The number of aliphatic hydroxyl groups excluding tert-OH is 4. The fourth-order valence-electron chi connectivity index (χ4n) is 6.62. The van der Waals surface area contributed by atoms with Crippen molar-refractivity contribution >= 4 is 25.5 Å². The molecule has 0 radical (unpaired) electrons. The molecule has 0 saturated heterocycles. The van der Waals surface area contributed by atoms with Gasteiger partial charge in [0.1, 0.15) is 18.5 Å². The smallest absolute Gasteiger partial charge is 0.462 e. The molecule has 0 heterocycles. The van der Waals surface area contributed by atoms with Crippen LogP contribution < -0.4 is 0 Å². The largest absolute Gasteiger partial charge is 0.472 e. The third-order valence-corrected chi connectivity index (χ3v) is 11.1. The van der Waals surface area contributed by atoms with Crippen LogP contribution in [0.25, 0.3) is 0 Å². The van der Waals surface area contributed by atoms with Crippen LogP contribution in [0.15, 0.2) is 36.5 Å². The highest BCUT2D eigenvalue weighted by Crippen LogP contribution is 2.43. The molecule has 5 N–H and O–H groups in total. The van der Waals surface area contributed by atoms with Gasteiger partial charge in [-0.3, -0.25) is 23.4 Å². The van der Waals surface area contributed by atoms with Crippen molar-refractivity contribution in [2.24, 2.45) is 11.8 Å². The van der Waals surface area contributed by atoms with E-state index in [2.05, 4.69) is 30.5 Å². The number of esters is 2. The fourth-order valence-corrected chi connectivity index (χ4v) is 7.40. The predicted octanol–water partition coefficient (Wildman–Crippen LogP) is 8.15. The molecule has 7 atom stereocenters. The number of carbonyl (C=O) groups excluding carboxylic acids is 3. The Kier molecular flexibility index (Phi) is 32.0. The van der Waals surface area contributed by atoms with Crippen LogP contribution in [-0.4, -0.2) is 93.9 Å². The van der Waals surface area contributed by atoms with Crippen molar-refractivity contribution in [3.8, 4) is 0 Å². The summed E-state index contributed by atoms with van der Waals surface area (Å²) < 4.78 is 32.7. The number of ketones is 1. The van der Waals surface area contributed by atoms with Crippen LogP contribution >= 0.6 is 7.82 Å². The van der Waals surface area contributed by atoms with Crippen LogP contribution in [0, 0.1) is 11.8 Å². The van der Waals surface area contributed by atoms with Gasteiger partial charge in [0.2, 0.25) is 0 Å². The van der Waals surface area contributed by atoms with Crippen molar-refractivity contribution in [1.29, 1.82) is 0 Å². The number of phosphoric ester groups is 1. The highest BCUT2D eigenvalue weighted by Gasteiger charge is 2.39. The quantitative estimate of drug-likeness (QED) is 0.0174. The van der Waals surface area contributed by atoms with Crippen molar-refractivity contribution in [2.75, 3.05) is 26.4 Å². The first-order chi connectivity index (χ1) is 27.9. The molecule has 0 bridgehead atoms. The van der Waals surface area contributed by atoms with E-state index in [1.165, 1.54) is 38.5 Å². The maximum atomic E-state index is 12.7. The minimum absolute atomic E-state index is 0.00843. The van der Waals surface area contributed by atoms with E-state index >= 15 is 0 Å². The van der Waals surface area contributed by atoms with Crippen LogP contribution in [0.3, 0.4) is 0 Å². The molecule has 58 heavy (non-hydrogen) atoms. The number of aliphatic hydroxyl groups is 4. The molecule has 14 heteroatoms. The molecule has 13 nitrogen and oxygen atoms in total. The molecule has 1 aliphatic carbocycles. The molecule has 0 spiro atoms. The lowest BCUT2D eigenvalue weighted by Gasteiger charge is -2.20. The Morgan fingerprint density at radius 2 is 1.33 bits per heavy atom. The molecular weight excluding hydrogens is 767 g/mol. The Balaban J connectivity index is 2.49. The van der Waals surface area contributed by atoms with Crippen molar-refractivity contribution < 1.29 is 62.8 Å². The van der Waals surface area contributed by atoms with Crippen molar-refractivity contribution in [1.82, 2.24) is 0 Å². The number of Topliss-reactive ketones (excluding diaryl/α,β-unsaturated/α-hetero) is 1. The van der Waals surface area contributed by atoms with E-state index in [0.717, 1.165) is 57.8 Å². The maximum Gasteiger partial charge on any atom is 0.472 e. The van der Waals surface area contributed by atoms with Crippen LogP contribution in [-0.2, 0) is 37.5 Å². The number of allylic oxidation sites excluding steroid dienone is 5. The number of unbranched alkanes of at least 4 members (excludes halogenated alkanes) is 14. The van der Waals surface area contributed by atoms with E-state index in [9.17, 15) is 39.2 Å². The van der Waals surface area contributed by atoms with Crippen LogP contribution in [0.4, 0.5) is 0 Å². The van der Waals surface area contributed by atoms with Gasteiger partial charge >= 0.3 is 19.8 Å². The van der Waals surface area contributed by atoms with Gasteiger partial charge in [-0.1, -0.05) is 121 Å². The number of hydrogen-bond donors (Lipinski definition) is 5. The molecule has 1 rings (SSSR count). The van der Waals surface area contributed by atoms with Crippen molar-refractivity contribution in [3.05, 3.63) is 36.5 Å². The second-order valence-corrected chi connectivity index (χ2v) is 17.0. The molecule has 0 aliphatic heterocycles. The van der Waals surface area contributed by atoms with Gasteiger partial charge in [0.15, 0.2) is 6.10 Å². The minimum atomic E-state index is -4.69. The van der Waals surface area contributed by atoms with Crippen molar-refractivity contribution in [3.63, 3.8) is 0 Å². The Hall–Kier alpha value is -2.22. The molecule has 0 aromatic heterocycles. The van der Waals surface area contributed by atoms with Crippen molar-refractivity contribution in [2.45, 2.75) is 186 Å². The van der Waals surface area contributed by atoms with E-state index in [1.54, 1.807) is 12.2 Å². The summed E-state index contributed by atoms with van der Waals surface area (Å²) in [5.41, 5.74) is 0. The molecule has 1 aliphatic rings. The zero-order chi connectivity index (χ0) is 42.9. The Morgan fingerprint density at radius 3 is 2.00 bits per heavy atom. The van der Waals surface area contributed by atoms with Gasteiger partial charge in [-0.2, -0.15) is 0 Å². The van der Waals surface area contributed by atoms with Crippen LogP contribution in [0.1, 0.15) is 162 Å². The number of carbonyl (C=O) groups is 3. The fraction of sp³-hybridized carbons (Fsp3) is 0.795. The lowest BCUT2D eigenvalue weighted by molar-refractivity contribution is -0.161. The molecular formula is C44H77O13P. The summed E-state index contributed by atoms with van der Waals surface area (Å²) in [5.74, 6) is -1.95. The third-order valence-electron chi connectivity index (χ3n) is 10.1. The van der Waals surface area contributed by atoms with Gasteiger partial charge in [0.25, 0.3) is 0 Å². The van der Waals surface area contributed by atoms with Crippen LogP contribution in [0.5, 0.6) is 0 Å². The molecule has 0 aromatic carbocycles. The zero-order valence-corrected chi connectivity index (χ0v) is 36.4. The van der Waals surface area contributed by atoms with E-state index in [4.69, 9.17) is 19.1 Å². The Labute approximate surface area is 348 Å². The normalized spacial score (nSPS) is 19.9. The van der Waals surface area contributed by atoms with E-state index in [0.29, 0.717) is 32.1 Å². The first kappa shape index (κ1) is 53.8. The average molecular weight is 845 g/mol. The number of hydrogen-bond acceptors (Lipinski definition) is 12. The zero-order valence-electron chi connectivity index (χ0n) is 35.5. The average Bonchev–Trinajstić information content (AvgIpc) is 3.47. The molecule has 0 aromatic rings. The molecule has 0 amide bonds. The van der Waals surface area contributed by atoms with Gasteiger partial charge in [-0.25, -0.2) is 4.57 Å². The maximum absolute atomic E-state index is 12.7. The monoisotopic (exact) mass is 845 g/mol. The van der Waals surface area contributed by atoms with Gasteiger partial charge < -0.3 is 34.8 Å². The standard InChI is InChI=1S/C44H77O13P/c1-3-5-7-8-9-10-11-12-13-14-15-16-17-18-23-27-43(50)54-34-38(35-56-58(52,53)55-33-37(47)32-45)57-44(51)28-24-20-19-22-26-39-40(42(49)31-41(39)48)30-29-36(46)25-21-6-4-2/h12-13,19,22,29-30,36-41,45-48H,3-11,14-18,20-21,23-28,31-35H2,1-2H3,(H,52,53)/b13-12-,22-19-,30-29+/t36-,37-,38+,39+,40+,41-/m0/s1. The molecule has 336 valence electrons. The summed E-state index contributed by atoms with van der Waals surface area (Å²) >= 11 is 0. The summed E-state index contributed by atoms with van der Waals surface area (Å²) in [6, 6.07) is 0. The number of phosphoric acid groups is 1. The Bertz CT molecular complexity index is 1220. The second kappa shape index (κ2) is 34.5. The SMILES string of the molecule is CCCCCCCC/C=C\CCCCCCCC(=O)OC[C@H](COP(=O)(O)OC[C@@H](O)CO)OC(=O)CCC/C=C\C[C@H]1[C@@H](O)CC(=O)[C@@H]1/C=C/[C@@H](O)CCCCC. The number of rotatable bonds is 37. The van der Waals surface area contributed by atoms with Gasteiger partial charge in [0.05, 0.1) is 32.0 Å². The second-order valence-electron chi connectivity index (χ2n) is 15.5. The van der Waals surface area contributed by atoms with Gasteiger partial charge in [-0.05, 0) is 57.8 Å². The van der Waals surface area contributed by atoms with Gasteiger partial charge in [-0.15, -0.1) is 0 Å². The summed E-state index contributed by atoms with van der Waals surface area (Å²) in [6.45, 7) is 1.95. The Morgan fingerprint density at radius 1 is 0.759 bits per heavy atom. The summed E-state index contributed by atoms with van der Waals surface area (Å²) in [4.78, 5) is 47.7. The lowest BCUT2D eigenvalue weighted by atomic mass is 9.90. The summed E-state index contributed by atoms with van der Waals surface area (Å²) in [7, 11) is -4.69. The molecule has 1 unspecified atom stereocenters.